The predicted octanol–water partition coefficient (Wildman–Crippen LogP) is 2.85. The van der Waals surface area contributed by atoms with Crippen molar-refractivity contribution in [3.05, 3.63) is 35.9 Å². The number of nitrogens with one attached hydrogen (secondary N) is 1. The Kier molecular flexibility index (Phi) is 4.16. The van der Waals surface area contributed by atoms with E-state index < -0.39 is 0 Å². The van der Waals surface area contributed by atoms with E-state index >= 15 is 0 Å². The van der Waals surface area contributed by atoms with Gasteiger partial charge in [-0.25, -0.2) is 4.98 Å². The summed E-state index contributed by atoms with van der Waals surface area (Å²) in [5, 5.41) is 3.33. The molecule has 0 aromatic carbocycles. The Bertz CT molecular complexity index is 550. The minimum Gasteiger partial charge on any atom is -0.383 e. The van der Waals surface area contributed by atoms with Crippen LogP contribution in [0.2, 0.25) is 0 Å². The molecule has 0 amide bonds. The number of rotatable bonds is 5. The van der Waals surface area contributed by atoms with Gasteiger partial charge in [0.2, 0.25) is 5.95 Å². The van der Waals surface area contributed by atoms with Crippen molar-refractivity contribution in [3.63, 3.8) is 0 Å². The van der Waals surface area contributed by atoms with Crippen molar-refractivity contribution in [2.75, 3.05) is 19.0 Å². The normalized spacial score (nSPS) is 12.4. The fourth-order valence-electron chi connectivity index (χ4n) is 1.98. The molecule has 0 spiro atoms. The van der Waals surface area contributed by atoms with Crippen molar-refractivity contribution < 1.29 is 4.74 Å². The van der Waals surface area contributed by atoms with Crippen molar-refractivity contribution in [1.29, 1.82) is 0 Å². The van der Waals surface area contributed by atoms with E-state index in [9.17, 15) is 0 Å². The summed E-state index contributed by atoms with van der Waals surface area (Å²) in [6.45, 7) is 6.78. The van der Waals surface area contributed by atoms with Crippen molar-refractivity contribution >= 4 is 11.6 Å². The average Bonchev–Trinajstić information content (AvgIpc) is 2.74. The lowest BCUT2D eigenvalue weighted by molar-refractivity contribution is 0.163. The highest BCUT2D eigenvalue weighted by atomic mass is 16.5. The van der Waals surface area contributed by atoms with E-state index in [1.54, 1.807) is 13.3 Å². The molecular formula is C14H20N4O. The first-order chi connectivity index (χ1) is 9.11. The van der Waals surface area contributed by atoms with E-state index in [2.05, 4.69) is 26.8 Å². The first kappa shape index (κ1) is 13.5. The van der Waals surface area contributed by atoms with Crippen LogP contribution in [0, 0.1) is 13.8 Å². The number of aromatic nitrogens is 3. The van der Waals surface area contributed by atoms with Crippen molar-refractivity contribution in [2.45, 2.75) is 26.8 Å². The molecule has 0 aliphatic rings. The Morgan fingerprint density at radius 2 is 2.21 bits per heavy atom. The average molecular weight is 260 g/mol. The molecule has 19 heavy (non-hydrogen) atoms. The third kappa shape index (κ3) is 3.12. The van der Waals surface area contributed by atoms with Crippen LogP contribution < -0.4 is 5.32 Å². The highest BCUT2D eigenvalue weighted by molar-refractivity contribution is 5.57. The van der Waals surface area contributed by atoms with Gasteiger partial charge in [0.25, 0.3) is 0 Å². The van der Waals surface area contributed by atoms with Gasteiger partial charge < -0.3 is 14.6 Å². The van der Waals surface area contributed by atoms with E-state index in [1.165, 1.54) is 0 Å². The van der Waals surface area contributed by atoms with Gasteiger partial charge in [-0.05, 0) is 32.4 Å². The fraction of sp³-hybridized carbons (Fsp3) is 0.429. The zero-order chi connectivity index (χ0) is 13.8. The van der Waals surface area contributed by atoms with Crippen LogP contribution in [0.4, 0.5) is 11.6 Å². The van der Waals surface area contributed by atoms with Crippen LogP contribution in [0.25, 0.3) is 0 Å². The van der Waals surface area contributed by atoms with Gasteiger partial charge in [-0.15, -0.1) is 0 Å². The van der Waals surface area contributed by atoms with Crippen LogP contribution in [-0.4, -0.2) is 28.3 Å². The van der Waals surface area contributed by atoms with Crippen LogP contribution >= 0.6 is 0 Å². The summed E-state index contributed by atoms with van der Waals surface area (Å²) >= 11 is 0. The molecule has 1 N–H and O–H groups in total. The third-order valence-corrected chi connectivity index (χ3v) is 3.02. The molecule has 1 unspecified atom stereocenters. The molecule has 0 aliphatic carbocycles. The van der Waals surface area contributed by atoms with Gasteiger partial charge >= 0.3 is 0 Å². The number of pyridine rings is 1. The summed E-state index contributed by atoms with van der Waals surface area (Å²) < 4.78 is 7.30. The van der Waals surface area contributed by atoms with Gasteiger partial charge in [0.1, 0.15) is 0 Å². The summed E-state index contributed by atoms with van der Waals surface area (Å²) in [4.78, 5) is 8.65. The predicted molar refractivity (Wildman–Crippen MR) is 75.8 cm³/mol. The van der Waals surface area contributed by atoms with Crippen molar-refractivity contribution in [3.8, 4) is 0 Å². The molecule has 5 nitrogen and oxygen atoms in total. The van der Waals surface area contributed by atoms with Gasteiger partial charge in [-0.2, -0.15) is 0 Å². The van der Waals surface area contributed by atoms with Crippen molar-refractivity contribution in [2.24, 2.45) is 0 Å². The Balaban J connectivity index is 2.27. The Labute approximate surface area is 113 Å². The molecule has 2 aromatic heterocycles. The Hall–Kier alpha value is -1.88. The molecule has 0 saturated heterocycles. The number of methoxy groups -OCH3 is 1. The number of imidazole rings is 1. The van der Waals surface area contributed by atoms with Crippen molar-refractivity contribution in [1.82, 2.24) is 14.5 Å². The highest BCUT2D eigenvalue weighted by Crippen LogP contribution is 2.22. The summed E-state index contributed by atoms with van der Waals surface area (Å²) in [5.41, 5.74) is 3.09. The second-order valence-electron chi connectivity index (χ2n) is 4.73. The second-order valence-corrected chi connectivity index (χ2v) is 4.73. The fourth-order valence-corrected chi connectivity index (χ4v) is 1.98. The molecule has 0 fully saturated rings. The minimum atomic E-state index is 0.227. The van der Waals surface area contributed by atoms with Gasteiger partial charge in [0.15, 0.2) is 0 Å². The SMILES string of the molecule is COCC(C)n1cc(C)nc1Nc1cnccc1C. The Morgan fingerprint density at radius 3 is 2.89 bits per heavy atom. The van der Waals surface area contributed by atoms with E-state index in [1.807, 2.05) is 32.3 Å². The summed E-state index contributed by atoms with van der Waals surface area (Å²) in [6.07, 6.45) is 5.62. The zero-order valence-electron chi connectivity index (χ0n) is 11.8. The van der Waals surface area contributed by atoms with Crippen LogP contribution in [0.3, 0.4) is 0 Å². The molecule has 102 valence electrons. The number of hydrogen-bond donors (Lipinski definition) is 1. The molecule has 5 heteroatoms. The maximum absolute atomic E-state index is 5.21. The summed E-state index contributed by atoms with van der Waals surface area (Å²) in [7, 11) is 1.71. The van der Waals surface area contributed by atoms with Gasteiger partial charge in [-0.1, -0.05) is 0 Å². The first-order valence-electron chi connectivity index (χ1n) is 6.34. The van der Waals surface area contributed by atoms with Crippen LogP contribution in [-0.2, 0) is 4.74 Å². The number of aryl methyl sites for hydroxylation is 2. The standard InChI is InChI=1S/C14H20N4O/c1-10-5-6-15-7-13(10)17-14-16-11(2)8-18(14)12(3)9-19-4/h5-8,12H,9H2,1-4H3,(H,16,17). The molecule has 2 aromatic rings. The Morgan fingerprint density at radius 1 is 1.42 bits per heavy atom. The lowest BCUT2D eigenvalue weighted by Gasteiger charge is -2.16. The molecule has 0 saturated carbocycles. The zero-order valence-corrected chi connectivity index (χ0v) is 11.8. The molecule has 0 radical (unpaired) electrons. The lowest BCUT2D eigenvalue weighted by Crippen LogP contribution is -2.13. The monoisotopic (exact) mass is 260 g/mol. The van der Waals surface area contributed by atoms with Crippen LogP contribution in [0.15, 0.2) is 24.7 Å². The topological polar surface area (TPSA) is 52.0 Å². The number of anilines is 2. The maximum atomic E-state index is 5.21. The van der Waals surface area contributed by atoms with E-state index in [4.69, 9.17) is 4.74 Å². The lowest BCUT2D eigenvalue weighted by atomic mass is 10.2. The van der Waals surface area contributed by atoms with Gasteiger partial charge in [0, 0.05) is 19.5 Å². The second kappa shape index (κ2) is 5.84. The number of hydrogen-bond acceptors (Lipinski definition) is 4. The number of nitrogens with zero attached hydrogens (tertiary/aromatic N) is 3. The van der Waals surface area contributed by atoms with E-state index in [0.29, 0.717) is 6.61 Å². The number of ether oxygens (including phenoxy) is 1. The molecule has 2 rings (SSSR count). The summed E-state index contributed by atoms with van der Waals surface area (Å²) in [5.74, 6) is 0.818. The quantitative estimate of drug-likeness (QED) is 0.898. The van der Waals surface area contributed by atoms with Crippen LogP contribution in [0.5, 0.6) is 0 Å². The molecule has 1 atom stereocenters. The van der Waals surface area contributed by atoms with E-state index in [-0.39, 0.29) is 6.04 Å². The summed E-state index contributed by atoms with van der Waals surface area (Å²) in [6, 6.07) is 2.20. The van der Waals surface area contributed by atoms with Gasteiger partial charge in [-0.3, -0.25) is 4.98 Å². The molecule has 0 aliphatic heterocycles. The third-order valence-electron chi connectivity index (χ3n) is 3.02. The first-order valence-corrected chi connectivity index (χ1v) is 6.34. The molecule has 2 heterocycles. The maximum Gasteiger partial charge on any atom is 0.207 e. The van der Waals surface area contributed by atoms with Crippen LogP contribution in [0.1, 0.15) is 24.2 Å². The molecular weight excluding hydrogens is 240 g/mol. The minimum absolute atomic E-state index is 0.227. The smallest absolute Gasteiger partial charge is 0.207 e. The van der Waals surface area contributed by atoms with Gasteiger partial charge in [0.05, 0.1) is 30.2 Å². The van der Waals surface area contributed by atoms with E-state index in [0.717, 1.165) is 22.9 Å². The highest BCUT2D eigenvalue weighted by Gasteiger charge is 2.12. The molecule has 0 bridgehead atoms. The largest absolute Gasteiger partial charge is 0.383 e.